The second-order valence-electron chi connectivity index (χ2n) is 2.78. The molecule has 7 heteroatoms. The lowest BCUT2D eigenvalue weighted by molar-refractivity contribution is -0.167. The molecule has 0 bridgehead atoms. The summed E-state index contributed by atoms with van der Waals surface area (Å²) < 4.78 is 35.6. The van der Waals surface area contributed by atoms with E-state index < -0.39 is 12.1 Å². The number of carbonyl (C=O) groups is 1. The third-order valence-corrected chi connectivity index (χ3v) is 1.93. The van der Waals surface area contributed by atoms with Crippen molar-refractivity contribution in [2.75, 3.05) is 5.32 Å². The Bertz CT molecular complexity index is 392. The number of hydrogen-bond donors (Lipinski definition) is 1. The predicted octanol–water partition coefficient (Wildman–Crippen LogP) is 2.54. The van der Waals surface area contributed by atoms with Crippen molar-refractivity contribution in [1.82, 2.24) is 4.98 Å². The number of hydrogen-bond acceptors (Lipinski definition) is 2. The Morgan fingerprint density at radius 1 is 1.53 bits per heavy atom. The maximum atomic E-state index is 11.9. The Labute approximate surface area is 88.3 Å². The number of aromatic nitrogens is 1. The van der Waals surface area contributed by atoms with Gasteiger partial charge in [0.1, 0.15) is 5.15 Å². The number of nitrogens with zero attached hydrogens (tertiary/aromatic N) is 1. The summed E-state index contributed by atoms with van der Waals surface area (Å²) >= 11 is 5.56. The molecule has 82 valence electrons. The first-order chi connectivity index (χ1) is 6.80. The number of rotatable bonds is 1. The molecule has 0 atom stereocenters. The van der Waals surface area contributed by atoms with Crippen molar-refractivity contribution >= 4 is 23.2 Å². The number of alkyl halides is 3. The van der Waals surface area contributed by atoms with E-state index in [-0.39, 0.29) is 10.8 Å². The van der Waals surface area contributed by atoms with Crippen LogP contribution in [0.4, 0.5) is 18.9 Å². The zero-order valence-electron chi connectivity index (χ0n) is 7.52. The molecule has 0 saturated carbocycles. The van der Waals surface area contributed by atoms with Gasteiger partial charge in [-0.05, 0) is 18.6 Å². The number of nitrogens with one attached hydrogen (secondary N) is 1. The molecule has 1 N–H and O–H groups in total. The van der Waals surface area contributed by atoms with Crippen LogP contribution in [0.3, 0.4) is 0 Å². The zero-order valence-corrected chi connectivity index (χ0v) is 8.28. The summed E-state index contributed by atoms with van der Waals surface area (Å²) in [6, 6.07) is 1.30. The molecule has 15 heavy (non-hydrogen) atoms. The second kappa shape index (κ2) is 4.06. The van der Waals surface area contributed by atoms with Crippen molar-refractivity contribution in [2.24, 2.45) is 0 Å². The number of aryl methyl sites for hydroxylation is 1. The summed E-state index contributed by atoms with van der Waals surface area (Å²) in [6.07, 6.45) is -3.85. The minimum atomic E-state index is -4.91. The first-order valence-corrected chi connectivity index (χ1v) is 4.19. The van der Waals surface area contributed by atoms with Crippen LogP contribution in [0.1, 0.15) is 5.56 Å². The number of amides is 1. The maximum Gasteiger partial charge on any atom is 0.471 e. The molecule has 1 rings (SSSR count). The van der Waals surface area contributed by atoms with E-state index in [9.17, 15) is 18.0 Å². The SMILES string of the molecule is Cc1cc(NC(=O)C(F)(F)F)cnc1Cl. The van der Waals surface area contributed by atoms with Gasteiger partial charge < -0.3 is 5.32 Å². The van der Waals surface area contributed by atoms with Gasteiger partial charge in [0, 0.05) is 0 Å². The van der Waals surface area contributed by atoms with Gasteiger partial charge in [0.25, 0.3) is 0 Å². The Morgan fingerprint density at radius 3 is 2.60 bits per heavy atom. The lowest BCUT2D eigenvalue weighted by atomic mass is 10.3. The Kier molecular flexibility index (Phi) is 3.18. The van der Waals surface area contributed by atoms with E-state index in [0.717, 1.165) is 6.20 Å². The van der Waals surface area contributed by atoms with Crippen LogP contribution in [0.15, 0.2) is 12.3 Å². The average molecular weight is 239 g/mol. The molecule has 1 amide bonds. The van der Waals surface area contributed by atoms with Crippen molar-refractivity contribution < 1.29 is 18.0 Å². The molecule has 0 aliphatic carbocycles. The fourth-order valence-corrected chi connectivity index (χ4v) is 0.932. The summed E-state index contributed by atoms with van der Waals surface area (Å²) in [5, 5.41) is 1.85. The summed E-state index contributed by atoms with van der Waals surface area (Å²) in [4.78, 5) is 14.1. The largest absolute Gasteiger partial charge is 0.471 e. The number of pyridine rings is 1. The van der Waals surface area contributed by atoms with E-state index in [1.165, 1.54) is 6.07 Å². The molecule has 1 aromatic rings. The van der Waals surface area contributed by atoms with Crippen LogP contribution in [-0.2, 0) is 4.79 Å². The minimum absolute atomic E-state index is 0.0424. The van der Waals surface area contributed by atoms with Gasteiger partial charge >= 0.3 is 12.1 Å². The van der Waals surface area contributed by atoms with Gasteiger partial charge in [-0.3, -0.25) is 4.79 Å². The average Bonchev–Trinajstić information content (AvgIpc) is 2.10. The van der Waals surface area contributed by atoms with Gasteiger partial charge in [-0.1, -0.05) is 11.6 Å². The van der Waals surface area contributed by atoms with Crippen LogP contribution in [0.5, 0.6) is 0 Å². The minimum Gasteiger partial charge on any atom is -0.317 e. The molecule has 0 aliphatic heterocycles. The van der Waals surface area contributed by atoms with Gasteiger partial charge in [0.15, 0.2) is 0 Å². The molecule has 0 saturated heterocycles. The Hall–Kier alpha value is -1.30. The highest BCUT2D eigenvalue weighted by Gasteiger charge is 2.38. The predicted molar refractivity (Wildman–Crippen MR) is 48.7 cm³/mol. The third-order valence-electron chi connectivity index (χ3n) is 1.53. The van der Waals surface area contributed by atoms with E-state index in [2.05, 4.69) is 4.98 Å². The van der Waals surface area contributed by atoms with E-state index in [4.69, 9.17) is 11.6 Å². The van der Waals surface area contributed by atoms with Crippen LogP contribution < -0.4 is 5.32 Å². The van der Waals surface area contributed by atoms with E-state index in [1.807, 2.05) is 0 Å². The standard InChI is InChI=1S/C8H6ClF3N2O/c1-4-2-5(3-13-6(4)9)14-7(15)8(10,11)12/h2-3H,1H3,(H,14,15). The normalized spacial score (nSPS) is 11.3. The van der Waals surface area contributed by atoms with Crippen molar-refractivity contribution in [2.45, 2.75) is 13.1 Å². The quantitative estimate of drug-likeness (QED) is 0.764. The molecular weight excluding hydrogens is 233 g/mol. The molecule has 0 fully saturated rings. The van der Waals surface area contributed by atoms with Crippen LogP contribution in [0.2, 0.25) is 5.15 Å². The molecule has 0 radical (unpaired) electrons. The third kappa shape index (κ3) is 3.09. The second-order valence-corrected chi connectivity index (χ2v) is 3.14. The smallest absolute Gasteiger partial charge is 0.317 e. The number of halogens is 4. The summed E-state index contributed by atoms with van der Waals surface area (Å²) in [7, 11) is 0. The van der Waals surface area contributed by atoms with E-state index in [0.29, 0.717) is 5.56 Å². The molecule has 0 aromatic carbocycles. The van der Waals surface area contributed by atoms with Crippen molar-refractivity contribution in [3.63, 3.8) is 0 Å². The van der Waals surface area contributed by atoms with Gasteiger partial charge in [-0.2, -0.15) is 13.2 Å². The molecular formula is C8H6ClF3N2O. The Morgan fingerprint density at radius 2 is 2.13 bits per heavy atom. The zero-order chi connectivity index (χ0) is 11.6. The Balaban J connectivity index is 2.83. The first-order valence-electron chi connectivity index (χ1n) is 3.81. The van der Waals surface area contributed by atoms with Crippen LogP contribution in [0, 0.1) is 6.92 Å². The molecule has 0 spiro atoms. The van der Waals surface area contributed by atoms with Gasteiger partial charge in [0.2, 0.25) is 0 Å². The maximum absolute atomic E-state index is 11.9. The fourth-order valence-electron chi connectivity index (χ4n) is 0.828. The first kappa shape index (κ1) is 11.8. The lowest BCUT2D eigenvalue weighted by Crippen LogP contribution is -2.29. The summed E-state index contributed by atoms with van der Waals surface area (Å²) in [6.45, 7) is 1.57. The van der Waals surface area contributed by atoms with Crippen molar-refractivity contribution in [1.29, 1.82) is 0 Å². The van der Waals surface area contributed by atoms with Gasteiger partial charge in [0.05, 0.1) is 11.9 Å². The lowest BCUT2D eigenvalue weighted by Gasteiger charge is -2.08. The molecule has 0 unspecified atom stereocenters. The number of carbonyl (C=O) groups excluding carboxylic acids is 1. The van der Waals surface area contributed by atoms with E-state index in [1.54, 1.807) is 12.2 Å². The molecule has 3 nitrogen and oxygen atoms in total. The highest BCUT2D eigenvalue weighted by atomic mass is 35.5. The fraction of sp³-hybridized carbons (Fsp3) is 0.250. The van der Waals surface area contributed by atoms with Crippen molar-refractivity contribution in [3.8, 4) is 0 Å². The number of anilines is 1. The van der Waals surface area contributed by atoms with Crippen molar-refractivity contribution in [3.05, 3.63) is 23.0 Å². The van der Waals surface area contributed by atoms with Crippen LogP contribution in [-0.4, -0.2) is 17.1 Å². The molecule has 1 heterocycles. The summed E-state index contributed by atoms with van der Waals surface area (Å²) in [5.74, 6) is -2.04. The highest BCUT2D eigenvalue weighted by Crippen LogP contribution is 2.20. The van der Waals surface area contributed by atoms with Gasteiger partial charge in [-0.15, -0.1) is 0 Å². The highest BCUT2D eigenvalue weighted by molar-refractivity contribution is 6.30. The topological polar surface area (TPSA) is 42.0 Å². The van der Waals surface area contributed by atoms with E-state index >= 15 is 0 Å². The van der Waals surface area contributed by atoms with Crippen LogP contribution >= 0.6 is 11.6 Å². The summed E-state index contributed by atoms with van der Waals surface area (Å²) in [5.41, 5.74) is 0.441. The molecule has 0 aliphatic rings. The molecule has 1 aromatic heterocycles. The monoisotopic (exact) mass is 238 g/mol. The van der Waals surface area contributed by atoms with Gasteiger partial charge in [-0.25, -0.2) is 4.98 Å². The van der Waals surface area contributed by atoms with Crippen LogP contribution in [0.25, 0.3) is 0 Å².